The van der Waals surface area contributed by atoms with Crippen LogP contribution in [0.3, 0.4) is 0 Å². The molecule has 0 saturated heterocycles. The van der Waals surface area contributed by atoms with E-state index < -0.39 is 0 Å². The average Bonchev–Trinajstić information content (AvgIpc) is 2.90. The summed E-state index contributed by atoms with van der Waals surface area (Å²) in [5.41, 5.74) is 1.11. The molecule has 0 spiro atoms. The molecule has 3 nitrogen and oxygen atoms in total. The highest BCUT2D eigenvalue weighted by atomic mass is 35.5. The third-order valence-corrected chi connectivity index (χ3v) is 4.67. The molecule has 2 rings (SSSR count). The average molecular weight is 357 g/mol. The number of amides is 2. The predicted molar refractivity (Wildman–Crippen MR) is 94.0 cm³/mol. The van der Waals surface area contributed by atoms with Crippen LogP contribution >= 0.6 is 34.5 Å². The molecule has 0 aliphatic rings. The number of hydrogen-bond acceptors (Lipinski definition) is 2. The van der Waals surface area contributed by atoms with E-state index >= 15 is 0 Å². The summed E-state index contributed by atoms with van der Waals surface area (Å²) in [6.45, 7) is 3.78. The predicted octanol–water partition coefficient (Wildman–Crippen LogP) is 4.83. The van der Waals surface area contributed by atoms with Crippen LogP contribution in [0, 0.1) is 0 Å². The van der Waals surface area contributed by atoms with Crippen molar-refractivity contribution in [2.75, 3.05) is 13.1 Å². The second-order valence-electron chi connectivity index (χ2n) is 4.83. The molecule has 0 radical (unpaired) electrons. The number of nitrogens with zero attached hydrogens (tertiary/aromatic N) is 1. The van der Waals surface area contributed by atoms with Crippen LogP contribution < -0.4 is 5.32 Å². The minimum absolute atomic E-state index is 0.0611. The van der Waals surface area contributed by atoms with E-state index in [1.54, 1.807) is 4.90 Å². The standard InChI is InChI=1S/C16H18Cl2N2OS/c1-2-20(11-14-6-7-15(18)22-14)16(21)19-9-8-12-4-3-5-13(17)10-12/h3-7,10H,2,8-9,11H2,1H3,(H,19,21). The SMILES string of the molecule is CCN(Cc1ccc(Cl)s1)C(=O)NCCc1cccc(Cl)c1. The first kappa shape index (κ1) is 17.1. The van der Waals surface area contributed by atoms with Gasteiger partial charge in [-0.15, -0.1) is 11.3 Å². The molecular formula is C16H18Cl2N2OS. The molecule has 1 heterocycles. The second kappa shape index (κ2) is 8.42. The summed E-state index contributed by atoms with van der Waals surface area (Å²) in [5, 5.41) is 3.66. The molecule has 2 amide bonds. The monoisotopic (exact) mass is 356 g/mol. The van der Waals surface area contributed by atoms with Crippen molar-refractivity contribution in [3.63, 3.8) is 0 Å². The van der Waals surface area contributed by atoms with Gasteiger partial charge in [-0.2, -0.15) is 0 Å². The molecular weight excluding hydrogens is 339 g/mol. The minimum atomic E-state index is -0.0611. The van der Waals surface area contributed by atoms with Crippen molar-refractivity contribution >= 4 is 40.6 Å². The fourth-order valence-electron chi connectivity index (χ4n) is 2.07. The van der Waals surface area contributed by atoms with Gasteiger partial charge in [0.05, 0.1) is 10.9 Å². The third-order valence-electron chi connectivity index (χ3n) is 3.22. The number of thiophene rings is 1. The zero-order valence-corrected chi connectivity index (χ0v) is 14.6. The van der Waals surface area contributed by atoms with E-state index in [-0.39, 0.29) is 6.03 Å². The van der Waals surface area contributed by atoms with Crippen molar-refractivity contribution in [3.05, 3.63) is 56.2 Å². The van der Waals surface area contributed by atoms with E-state index in [1.165, 1.54) is 11.3 Å². The van der Waals surface area contributed by atoms with Crippen LogP contribution in [0.1, 0.15) is 17.4 Å². The zero-order chi connectivity index (χ0) is 15.9. The summed E-state index contributed by atoms with van der Waals surface area (Å²) in [7, 11) is 0. The Morgan fingerprint density at radius 2 is 2.09 bits per heavy atom. The highest BCUT2D eigenvalue weighted by molar-refractivity contribution is 7.16. The number of benzene rings is 1. The number of carbonyl (C=O) groups excluding carboxylic acids is 1. The van der Waals surface area contributed by atoms with Gasteiger partial charge in [0.15, 0.2) is 0 Å². The van der Waals surface area contributed by atoms with Crippen molar-refractivity contribution in [2.45, 2.75) is 19.9 Å². The molecule has 1 N–H and O–H groups in total. The summed E-state index contributed by atoms with van der Waals surface area (Å²) < 4.78 is 0.743. The van der Waals surface area contributed by atoms with Gasteiger partial charge >= 0.3 is 6.03 Å². The molecule has 0 bridgehead atoms. The van der Waals surface area contributed by atoms with Crippen molar-refractivity contribution < 1.29 is 4.79 Å². The van der Waals surface area contributed by atoms with Crippen LogP contribution in [-0.4, -0.2) is 24.0 Å². The lowest BCUT2D eigenvalue weighted by atomic mass is 10.1. The molecule has 1 aromatic heterocycles. The lowest BCUT2D eigenvalue weighted by Gasteiger charge is -2.20. The molecule has 0 fully saturated rings. The van der Waals surface area contributed by atoms with Crippen LogP contribution in [0.25, 0.3) is 0 Å². The molecule has 0 saturated carbocycles. The van der Waals surface area contributed by atoms with Crippen LogP contribution in [0.2, 0.25) is 9.36 Å². The number of halogens is 2. The Morgan fingerprint density at radius 1 is 1.27 bits per heavy atom. The van der Waals surface area contributed by atoms with Crippen molar-refractivity contribution in [2.24, 2.45) is 0 Å². The maximum atomic E-state index is 12.2. The number of rotatable bonds is 6. The first-order chi connectivity index (χ1) is 10.6. The Morgan fingerprint density at radius 3 is 2.73 bits per heavy atom. The van der Waals surface area contributed by atoms with Crippen LogP contribution in [0.4, 0.5) is 4.79 Å². The summed E-state index contributed by atoms with van der Waals surface area (Å²) in [6, 6.07) is 11.4. The largest absolute Gasteiger partial charge is 0.338 e. The highest BCUT2D eigenvalue weighted by Crippen LogP contribution is 2.22. The zero-order valence-electron chi connectivity index (χ0n) is 12.3. The lowest BCUT2D eigenvalue weighted by molar-refractivity contribution is 0.199. The molecule has 0 atom stereocenters. The maximum absolute atomic E-state index is 12.2. The van der Waals surface area contributed by atoms with Gasteiger partial charge in [0.1, 0.15) is 0 Å². The molecule has 22 heavy (non-hydrogen) atoms. The number of hydrogen-bond donors (Lipinski definition) is 1. The molecule has 0 aliphatic heterocycles. The minimum Gasteiger partial charge on any atom is -0.338 e. The van der Waals surface area contributed by atoms with E-state index in [2.05, 4.69) is 5.32 Å². The normalized spacial score (nSPS) is 10.5. The van der Waals surface area contributed by atoms with E-state index in [4.69, 9.17) is 23.2 Å². The number of carbonyl (C=O) groups is 1. The molecule has 118 valence electrons. The van der Waals surface area contributed by atoms with E-state index in [9.17, 15) is 4.79 Å². The summed E-state index contributed by atoms with van der Waals surface area (Å²) in [5.74, 6) is 0. The van der Waals surface area contributed by atoms with Gasteiger partial charge in [0.2, 0.25) is 0 Å². The second-order valence-corrected chi connectivity index (χ2v) is 7.07. The van der Waals surface area contributed by atoms with Gasteiger partial charge in [-0.25, -0.2) is 4.79 Å². The fraction of sp³-hybridized carbons (Fsp3) is 0.312. The van der Waals surface area contributed by atoms with Crippen LogP contribution in [0.15, 0.2) is 36.4 Å². The Balaban J connectivity index is 1.82. The molecule has 1 aromatic carbocycles. The first-order valence-corrected chi connectivity index (χ1v) is 8.67. The van der Waals surface area contributed by atoms with Crippen LogP contribution in [-0.2, 0) is 13.0 Å². The number of nitrogens with one attached hydrogen (secondary N) is 1. The maximum Gasteiger partial charge on any atom is 0.317 e. The topological polar surface area (TPSA) is 32.3 Å². The summed E-state index contributed by atoms with van der Waals surface area (Å²) >= 11 is 13.4. The van der Waals surface area contributed by atoms with E-state index in [0.29, 0.717) is 24.7 Å². The molecule has 0 unspecified atom stereocenters. The van der Waals surface area contributed by atoms with Gasteiger partial charge in [-0.05, 0) is 43.2 Å². The van der Waals surface area contributed by atoms with Gasteiger partial charge in [-0.3, -0.25) is 0 Å². The summed E-state index contributed by atoms with van der Waals surface area (Å²) in [6.07, 6.45) is 0.759. The van der Waals surface area contributed by atoms with E-state index in [0.717, 1.165) is 21.2 Å². The molecule has 6 heteroatoms. The highest BCUT2D eigenvalue weighted by Gasteiger charge is 2.12. The van der Waals surface area contributed by atoms with Gasteiger partial charge in [0.25, 0.3) is 0 Å². The Labute approximate surface area is 144 Å². The quantitative estimate of drug-likeness (QED) is 0.789. The van der Waals surface area contributed by atoms with E-state index in [1.807, 2.05) is 43.3 Å². The first-order valence-electron chi connectivity index (χ1n) is 7.10. The smallest absolute Gasteiger partial charge is 0.317 e. The van der Waals surface area contributed by atoms with Crippen LogP contribution in [0.5, 0.6) is 0 Å². The van der Waals surface area contributed by atoms with Gasteiger partial charge < -0.3 is 10.2 Å². The van der Waals surface area contributed by atoms with Gasteiger partial charge in [0, 0.05) is 23.0 Å². The Bertz CT molecular complexity index is 630. The summed E-state index contributed by atoms with van der Waals surface area (Å²) in [4.78, 5) is 15.0. The Kier molecular flexibility index (Phi) is 6.55. The third kappa shape index (κ3) is 5.20. The van der Waals surface area contributed by atoms with Gasteiger partial charge in [-0.1, -0.05) is 35.3 Å². The van der Waals surface area contributed by atoms with Crippen molar-refractivity contribution in [1.29, 1.82) is 0 Å². The Hall–Kier alpha value is -1.23. The van der Waals surface area contributed by atoms with Crippen molar-refractivity contribution in [1.82, 2.24) is 10.2 Å². The number of urea groups is 1. The molecule has 0 aliphatic carbocycles. The lowest BCUT2D eigenvalue weighted by Crippen LogP contribution is -2.40. The molecule has 2 aromatic rings. The van der Waals surface area contributed by atoms with Crippen molar-refractivity contribution in [3.8, 4) is 0 Å². The fourth-order valence-corrected chi connectivity index (χ4v) is 3.39.